The first kappa shape index (κ1) is 15.6. The maximum atomic E-state index is 12.1. The fourth-order valence-electron chi connectivity index (χ4n) is 2.57. The van der Waals surface area contributed by atoms with Crippen molar-refractivity contribution in [3.8, 4) is 11.5 Å². The highest BCUT2D eigenvalue weighted by molar-refractivity contribution is 9.10. The molecule has 5 heteroatoms. The lowest BCUT2D eigenvalue weighted by Gasteiger charge is -2.06. The van der Waals surface area contributed by atoms with Crippen LogP contribution in [0.2, 0.25) is 0 Å². The minimum Gasteiger partial charge on any atom is -0.457 e. The second-order valence-electron chi connectivity index (χ2n) is 5.51. The van der Waals surface area contributed by atoms with E-state index in [1.807, 2.05) is 72.8 Å². The van der Waals surface area contributed by atoms with Crippen molar-refractivity contribution < 1.29 is 9.53 Å². The van der Waals surface area contributed by atoms with Crippen LogP contribution >= 0.6 is 15.9 Å². The molecule has 0 aliphatic carbocycles. The minimum atomic E-state index is -0.184. The summed E-state index contributed by atoms with van der Waals surface area (Å²) in [6, 6.07) is 22.5. The van der Waals surface area contributed by atoms with Crippen molar-refractivity contribution in [1.29, 1.82) is 0 Å². The first-order valence-corrected chi connectivity index (χ1v) is 8.51. The minimum absolute atomic E-state index is 0.184. The number of fused-ring (bicyclic) bond motifs is 1. The summed E-state index contributed by atoms with van der Waals surface area (Å²) in [5.41, 5.74) is 2.74. The van der Waals surface area contributed by atoms with E-state index in [0.29, 0.717) is 17.1 Å². The van der Waals surface area contributed by atoms with Crippen molar-refractivity contribution in [2.45, 2.75) is 0 Å². The molecule has 122 valence electrons. The first-order chi connectivity index (χ1) is 12.2. The van der Waals surface area contributed by atoms with Gasteiger partial charge in [-0.1, -0.05) is 34.1 Å². The van der Waals surface area contributed by atoms with E-state index in [2.05, 4.69) is 26.2 Å². The van der Waals surface area contributed by atoms with Gasteiger partial charge in [0.05, 0.1) is 11.4 Å². The van der Waals surface area contributed by atoms with Crippen LogP contribution in [0.3, 0.4) is 0 Å². The van der Waals surface area contributed by atoms with Crippen LogP contribution in [0.1, 0.15) is 5.56 Å². The number of carbonyl (C=O) groups is 1. The Bertz CT molecular complexity index is 964. The van der Waals surface area contributed by atoms with Crippen molar-refractivity contribution in [1.82, 2.24) is 0 Å². The Morgan fingerprint density at radius 3 is 2.20 bits per heavy atom. The standard InChI is InChI=1S/C20H13BrN2O2/c21-13-5-9-15(10-6-13)25-16-11-7-14(8-12-16)22-19-17-3-1-2-4-18(17)23-20(19)24/h1-12H,(H,22,23,24). The molecule has 0 saturated heterocycles. The van der Waals surface area contributed by atoms with Crippen LogP contribution in [0.15, 0.2) is 82.3 Å². The lowest BCUT2D eigenvalue weighted by Crippen LogP contribution is -2.13. The van der Waals surface area contributed by atoms with Crippen LogP contribution < -0.4 is 10.1 Å². The van der Waals surface area contributed by atoms with Crippen LogP contribution in [0.5, 0.6) is 11.5 Å². The summed E-state index contributed by atoms with van der Waals surface area (Å²) in [6.07, 6.45) is 0. The molecule has 0 atom stereocenters. The number of ether oxygens (including phenoxy) is 1. The highest BCUT2D eigenvalue weighted by Crippen LogP contribution is 2.28. The van der Waals surface area contributed by atoms with Gasteiger partial charge < -0.3 is 10.1 Å². The molecule has 0 spiro atoms. The van der Waals surface area contributed by atoms with Crippen LogP contribution in [0.4, 0.5) is 11.4 Å². The van der Waals surface area contributed by atoms with Crippen molar-refractivity contribution in [2.24, 2.45) is 4.99 Å². The van der Waals surface area contributed by atoms with E-state index in [4.69, 9.17) is 4.74 Å². The Hall–Kier alpha value is -2.92. The summed E-state index contributed by atoms with van der Waals surface area (Å²) >= 11 is 3.40. The van der Waals surface area contributed by atoms with Gasteiger partial charge in [-0.15, -0.1) is 0 Å². The molecule has 0 bridgehead atoms. The van der Waals surface area contributed by atoms with Crippen LogP contribution in [-0.2, 0) is 4.79 Å². The largest absolute Gasteiger partial charge is 0.457 e. The second kappa shape index (κ2) is 6.53. The van der Waals surface area contributed by atoms with Gasteiger partial charge in [0.1, 0.15) is 17.2 Å². The predicted octanol–water partition coefficient (Wildman–Crippen LogP) is 5.31. The molecule has 1 amide bonds. The Morgan fingerprint density at radius 2 is 1.48 bits per heavy atom. The van der Waals surface area contributed by atoms with Crippen molar-refractivity contribution in [3.05, 3.63) is 82.8 Å². The predicted molar refractivity (Wildman–Crippen MR) is 102 cm³/mol. The van der Waals surface area contributed by atoms with Crippen LogP contribution in [0.25, 0.3) is 0 Å². The topological polar surface area (TPSA) is 50.7 Å². The lowest BCUT2D eigenvalue weighted by molar-refractivity contribution is -0.110. The van der Waals surface area contributed by atoms with E-state index >= 15 is 0 Å². The number of para-hydroxylation sites is 1. The Kier molecular flexibility index (Phi) is 4.07. The van der Waals surface area contributed by atoms with Gasteiger partial charge >= 0.3 is 0 Å². The highest BCUT2D eigenvalue weighted by Gasteiger charge is 2.25. The number of aliphatic imine (C=N–C) groups is 1. The Labute approximate surface area is 153 Å². The molecule has 1 N–H and O–H groups in total. The molecule has 1 aliphatic heterocycles. The van der Waals surface area contributed by atoms with E-state index in [9.17, 15) is 4.79 Å². The maximum absolute atomic E-state index is 12.1. The quantitative estimate of drug-likeness (QED) is 0.655. The summed E-state index contributed by atoms with van der Waals surface area (Å²) in [7, 11) is 0. The summed E-state index contributed by atoms with van der Waals surface area (Å²) in [5, 5.41) is 2.82. The van der Waals surface area contributed by atoms with Crippen molar-refractivity contribution in [3.63, 3.8) is 0 Å². The highest BCUT2D eigenvalue weighted by atomic mass is 79.9. The molecule has 25 heavy (non-hydrogen) atoms. The summed E-state index contributed by atoms with van der Waals surface area (Å²) in [5.74, 6) is 1.28. The number of nitrogens with one attached hydrogen (secondary N) is 1. The van der Waals surface area contributed by atoms with Gasteiger partial charge in [-0.25, -0.2) is 4.99 Å². The molecule has 4 rings (SSSR count). The summed E-state index contributed by atoms with van der Waals surface area (Å²) < 4.78 is 6.79. The maximum Gasteiger partial charge on any atom is 0.275 e. The number of anilines is 1. The molecule has 0 radical (unpaired) electrons. The lowest BCUT2D eigenvalue weighted by atomic mass is 10.1. The van der Waals surface area contributed by atoms with Gasteiger partial charge in [0, 0.05) is 10.0 Å². The average Bonchev–Trinajstić information content (AvgIpc) is 2.94. The Balaban J connectivity index is 1.56. The first-order valence-electron chi connectivity index (χ1n) is 7.72. The molecular weight excluding hydrogens is 380 g/mol. The molecule has 0 aromatic heterocycles. The number of rotatable bonds is 3. The van der Waals surface area contributed by atoms with Gasteiger partial charge in [0.25, 0.3) is 5.91 Å². The van der Waals surface area contributed by atoms with E-state index in [1.54, 1.807) is 0 Å². The van der Waals surface area contributed by atoms with Gasteiger partial charge in [-0.05, 0) is 54.6 Å². The van der Waals surface area contributed by atoms with E-state index < -0.39 is 0 Å². The van der Waals surface area contributed by atoms with Gasteiger partial charge in [0.15, 0.2) is 0 Å². The van der Waals surface area contributed by atoms with E-state index in [-0.39, 0.29) is 5.91 Å². The van der Waals surface area contributed by atoms with E-state index in [1.165, 1.54) is 0 Å². The van der Waals surface area contributed by atoms with Crippen LogP contribution in [-0.4, -0.2) is 11.6 Å². The van der Waals surface area contributed by atoms with Crippen molar-refractivity contribution in [2.75, 3.05) is 5.32 Å². The number of hydrogen-bond acceptors (Lipinski definition) is 3. The normalized spacial score (nSPS) is 14.3. The fourth-order valence-corrected chi connectivity index (χ4v) is 2.83. The third-order valence-electron chi connectivity index (χ3n) is 3.77. The van der Waals surface area contributed by atoms with Crippen molar-refractivity contribution >= 4 is 38.9 Å². The monoisotopic (exact) mass is 392 g/mol. The van der Waals surface area contributed by atoms with Gasteiger partial charge in [0.2, 0.25) is 0 Å². The van der Waals surface area contributed by atoms with Gasteiger partial charge in [-0.3, -0.25) is 4.79 Å². The third-order valence-corrected chi connectivity index (χ3v) is 4.30. The molecule has 1 aliphatic rings. The number of amides is 1. The SMILES string of the molecule is O=C1Nc2ccccc2C1=Nc1ccc(Oc2ccc(Br)cc2)cc1. The zero-order valence-electron chi connectivity index (χ0n) is 13.1. The zero-order chi connectivity index (χ0) is 17.2. The van der Waals surface area contributed by atoms with E-state index in [0.717, 1.165) is 21.5 Å². The average molecular weight is 393 g/mol. The number of carbonyl (C=O) groups excluding carboxylic acids is 1. The molecule has 4 nitrogen and oxygen atoms in total. The fraction of sp³-hybridized carbons (Fsp3) is 0. The van der Waals surface area contributed by atoms with Crippen LogP contribution in [0, 0.1) is 0 Å². The molecule has 3 aromatic rings. The zero-order valence-corrected chi connectivity index (χ0v) is 14.7. The van der Waals surface area contributed by atoms with Gasteiger partial charge in [-0.2, -0.15) is 0 Å². The smallest absolute Gasteiger partial charge is 0.275 e. The molecule has 0 unspecified atom stereocenters. The second-order valence-corrected chi connectivity index (χ2v) is 6.43. The summed E-state index contributed by atoms with van der Waals surface area (Å²) in [4.78, 5) is 16.6. The number of benzene rings is 3. The molecule has 3 aromatic carbocycles. The molecule has 0 saturated carbocycles. The molecular formula is C20H13BrN2O2. The Morgan fingerprint density at radius 1 is 0.840 bits per heavy atom. The third kappa shape index (κ3) is 3.32. The number of hydrogen-bond donors (Lipinski definition) is 1. The number of nitrogens with zero attached hydrogens (tertiary/aromatic N) is 1. The molecule has 1 heterocycles. The summed E-state index contributed by atoms with van der Waals surface area (Å²) in [6.45, 7) is 0. The number of halogens is 1. The molecule has 0 fully saturated rings.